The van der Waals surface area contributed by atoms with Crippen LogP contribution in [0.5, 0.6) is 0 Å². The fraction of sp³-hybridized carbons (Fsp3) is 0.714. The zero-order valence-corrected chi connectivity index (χ0v) is 5.50. The number of ether oxygens (including phenoxy) is 1. The molecule has 1 unspecified atom stereocenters. The first-order valence-corrected chi connectivity index (χ1v) is 3.42. The van der Waals surface area contributed by atoms with Crippen LogP contribution < -0.4 is 0 Å². The maximum absolute atomic E-state index is 10.9. The van der Waals surface area contributed by atoms with Crippen LogP contribution in [0.15, 0.2) is 0 Å². The summed E-state index contributed by atoms with van der Waals surface area (Å²) in [5.74, 6) is -0.202. The molecule has 1 saturated heterocycles. The van der Waals surface area contributed by atoms with E-state index in [1.54, 1.807) is 0 Å². The van der Waals surface area contributed by atoms with E-state index in [0.717, 1.165) is 19.1 Å². The van der Waals surface area contributed by atoms with Crippen molar-refractivity contribution >= 4 is 12.3 Å². The molecule has 1 heterocycles. The van der Waals surface area contributed by atoms with Gasteiger partial charge in [0.05, 0.1) is 12.0 Å². The highest BCUT2D eigenvalue weighted by atomic mass is 16.5. The molecule has 0 aromatic heterocycles. The molecule has 54 valence electrons. The van der Waals surface area contributed by atoms with Crippen LogP contribution in [-0.4, -0.2) is 18.9 Å². The largest absolute Gasteiger partial charge is 0.465 e. The molecular weight excluding hydrogens is 132 g/mol. The summed E-state index contributed by atoms with van der Waals surface area (Å²) in [4.78, 5) is 21.2. The van der Waals surface area contributed by atoms with E-state index in [1.807, 2.05) is 0 Å². The van der Waals surface area contributed by atoms with Crippen molar-refractivity contribution < 1.29 is 14.3 Å². The molecule has 1 aliphatic heterocycles. The molecule has 0 aromatic rings. The fourth-order valence-corrected chi connectivity index (χ4v) is 1.61. The third-order valence-electron chi connectivity index (χ3n) is 2.49. The molecule has 1 saturated carbocycles. The third-order valence-corrected chi connectivity index (χ3v) is 2.49. The molecule has 2 rings (SSSR count). The molecule has 2 aliphatic rings. The van der Waals surface area contributed by atoms with Crippen LogP contribution in [0.25, 0.3) is 0 Å². The minimum absolute atomic E-state index is 0.0394. The number of esters is 1. The van der Waals surface area contributed by atoms with Crippen molar-refractivity contribution in [2.75, 3.05) is 6.61 Å². The predicted octanol–water partition coefficient (Wildman–Crippen LogP) is 0.139. The summed E-state index contributed by atoms with van der Waals surface area (Å²) in [5.41, 5.74) is -0.359. The lowest BCUT2D eigenvalue weighted by Crippen LogP contribution is -2.11. The van der Waals surface area contributed by atoms with Crippen molar-refractivity contribution in [3.8, 4) is 0 Å². The number of carbonyl (C=O) groups is 2. The summed E-state index contributed by atoms with van der Waals surface area (Å²) in [6.07, 6.45) is 2.33. The maximum atomic E-state index is 10.9. The quantitative estimate of drug-likeness (QED) is 0.384. The minimum Gasteiger partial charge on any atom is -0.465 e. The maximum Gasteiger partial charge on any atom is 0.312 e. The molecule has 0 radical (unpaired) electrons. The summed E-state index contributed by atoms with van der Waals surface area (Å²) in [7, 11) is 0. The van der Waals surface area contributed by atoms with Gasteiger partial charge in [-0.15, -0.1) is 0 Å². The third kappa shape index (κ3) is 0.503. The van der Waals surface area contributed by atoms with Gasteiger partial charge in [-0.2, -0.15) is 0 Å². The molecule has 0 bridgehead atoms. The second-order valence-electron chi connectivity index (χ2n) is 2.99. The molecule has 2 atom stereocenters. The first kappa shape index (κ1) is 5.89. The van der Waals surface area contributed by atoms with E-state index in [2.05, 4.69) is 0 Å². The van der Waals surface area contributed by atoms with Crippen molar-refractivity contribution in [1.29, 1.82) is 0 Å². The molecule has 1 aliphatic carbocycles. The predicted molar refractivity (Wildman–Crippen MR) is 32.2 cm³/mol. The van der Waals surface area contributed by atoms with Crippen molar-refractivity contribution in [1.82, 2.24) is 0 Å². The average molecular weight is 140 g/mol. The molecule has 2 fully saturated rings. The lowest BCUT2D eigenvalue weighted by atomic mass is 10.0. The van der Waals surface area contributed by atoms with Crippen molar-refractivity contribution in [2.24, 2.45) is 11.3 Å². The Balaban J connectivity index is 2.18. The Kier molecular flexibility index (Phi) is 0.938. The second-order valence-corrected chi connectivity index (χ2v) is 2.99. The molecule has 1 spiro atoms. The van der Waals surface area contributed by atoms with E-state index in [0.29, 0.717) is 6.61 Å². The van der Waals surface area contributed by atoms with Crippen molar-refractivity contribution in [3.63, 3.8) is 0 Å². The van der Waals surface area contributed by atoms with Crippen LogP contribution in [0.2, 0.25) is 0 Å². The lowest BCUT2D eigenvalue weighted by Gasteiger charge is -1.96. The van der Waals surface area contributed by atoms with Gasteiger partial charge in [-0.25, -0.2) is 0 Å². The van der Waals surface area contributed by atoms with Gasteiger partial charge in [0, 0.05) is 5.92 Å². The highest BCUT2D eigenvalue weighted by Gasteiger charge is 2.63. The average Bonchev–Trinajstić information content (AvgIpc) is 2.52. The van der Waals surface area contributed by atoms with Crippen molar-refractivity contribution in [3.05, 3.63) is 0 Å². The van der Waals surface area contributed by atoms with E-state index < -0.39 is 0 Å². The number of cyclic esters (lactones) is 1. The standard InChI is InChI=1S/C7H8O3/c8-4-5-3-7(5)1-2-10-6(7)9/h4-5H,1-3H2/t5-,7?/m0/s1. The van der Waals surface area contributed by atoms with Crippen LogP contribution in [0.1, 0.15) is 12.8 Å². The Hall–Kier alpha value is -0.860. The highest BCUT2D eigenvalue weighted by Crippen LogP contribution is 2.57. The second kappa shape index (κ2) is 1.59. The van der Waals surface area contributed by atoms with Gasteiger partial charge in [0.25, 0.3) is 0 Å². The molecule has 3 nitrogen and oxygen atoms in total. The normalized spacial score (nSPS) is 43.6. The number of rotatable bonds is 1. The summed E-state index contributed by atoms with van der Waals surface area (Å²) < 4.78 is 4.76. The Morgan fingerprint density at radius 3 is 2.90 bits per heavy atom. The number of aldehydes is 1. The van der Waals surface area contributed by atoms with E-state index in [4.69, 9.17) is 4.74 Å². The summed E-state index contributed by atoms with van der Waals surface area (Å²) in [6, 6.07) is 0. The molecule has 0 N–H and O–H groups in total. The number of hydrogen-bond acceptors (Lipinski definition) is 3. The van der Waals surface area contributed by atoms with Gasteiger partial charge in [0.2, 0.25) is 0 Å². The zero-order valence-electron chi connectivity index (χ0n) is 5.50. The molecule has 0 aromatic carbocycles. The Morgan fingerprint density at radius 2 is 2.50 bits per heavy atom. The van der Waals surface area contributed by atoms with Crippen LogP contribution in [0.4, 0.5) is 0 Å². The van der Waals surface area contributed by atoms with Gasteiger partial charge in [-0.05, 0) is 12.8 Å². The van der Waals surface area contributed by atoms with Gasteiger partial charge in [-0.3, -0.25) is 4.79 Å². The molecule has 0 amide bonds. The topological polar surface area (TPSA) is 43.4 Å². The molecule has 3 heteroatoms. The molecule has 10 heavy (non-hydrogen) atoms. The minimum atomic E-state index is -0.359. The summed E-state index contributed by atoms with van der Waals surface area (Å²) in [6.45, 7) is 0.503. The van der Waals surface area contributed by atoms with E-state index in [1.165, 1.54) is 0 Å². The Labute approximate surface area is 58.4 Å². The first-order valence-electron chi connectivity index (χ1n) is 3.42. The highest BCUT2D eigenvalue weighted by molar-refractivity contribution is 5.87. The fourth-order valence-electron chi connectivity index (χ4n) is 1.61. The summed E-state index contributed by atoms with van der Waals surface area (Å²) >= 11 is 0. The van der Waals surface area contributed by atoms with Crippen LogP contribution in [-0.2, 0) is 14.3 Å². The van der Waals surface area contributed by atoms with Gasteiger partial charge < -0.3 is 9.53 Å². The smallest absolute Gasteiger partial charge is 0.312 e. The number of hydrogen-bond donors (Lipinski definition) is 0. The van der Waals surface area contributed by atoms with Gasteiger partial charge >= 0.3 is 5.97 Å². The van der Waals surface area contributed by atoms with Gasteiger partial charge in [-0.1, -0.05) is 0 Å². The van der Waals surface area contributed by atoms with Gasteiger partial charge in [0.15, 0.2) is 0 Å². The Bertz CT molecular complexity index is 199. The molecular formula is C7H8O3. The van der Waals surface area contributed by atoms with Crippen LogP contribution in [0.3, 0.4) is 0 Å². The zero-order chi connectivity index (χ0) is 7.19. The van der Waals surface area contributed by atoms with E-state index in [-0.39, 0.29) is 17.3 Å². The van der Waals surface area contributed by atoms with Crippen molar-refractivity contribution in [2.45, 2.75) is 12.8 Å². The lowest BCUT2D eigenvalue weighted by molar-refractivity contribution is -0.143. The van der Waals surface area contributed by atoms with E-state index in [9.17, 15) is 9.59 Å². The van der Waals surface area contributed by atoms with E-state index >= 15 is 0 Å². The van der Waals surface area contributed by atoms with Gasteiger partial charge in [0.1, 0.15) is 6.29 Å². The van der Waals surface area contributed by atoms with Crippen LogP contribution in [0, 0.1) is 11.3 Å². The number of carbonyl (C=O) groups excluding carboxylic acids is 2. The SMILES string of the molecule is O=C[C@@H]1CC12CCOC2=O. The first-order chi connectivity index (χ1) is 4.79. The Morgan fingerprint density at radius 1 is 1.70 bits per heavy atom. The van der Waals surface area contributed by atoms with Crippen LogP contribution >= 0.6 is 0 Å². The summed E-state index contributed by atoms with van der Waals surface area (Å²) in [5, 5.41) is 0. The monoisotopic (exact) mass is 140 g/mol.